The molecule has 6 nitrogen and oxygen atoms in total. The molecule has 0 N–H and O–H groups in total. The van der Waals surface area contributed by atoms with Gasteiger partial charge in [0.05, 0.1) is 4.92 Å². The standard InChI is InChI=1S/C12H15BrN2O4/c1-12(2,3)19-11(16)14(4)10-7-8(13)5-6-9(10)15(17)18/h5-7H,1-4H3. The highest BCUT2D eigenvalue weighted by molar-refractivity contribution is 9.10. The van der Waals surface area contributed by atoms with Gasteiger partial charge in [0.15, 0.2) is 0 Å². The van der Waals surface area contributed by atoms with Gasteiger partial charge >= 0.3 is 6.09 Å². The van der Waals surface area contributed by atoms with E-state index in [9.17, 15) is 14.9 Å². The molecule has 0 aliphatic rings. The molecular weight excluding hydrogens is 316 g/mol. The van der Waals surface area contributed by atoms with E-state index in [1.807, 2.05) is 0 Å². The number of nitro benzene ring substituents is 1. The molecule has 1 rings (SSSR count). The summed E-state index contributed by atoms with van der Waals surface area (Å²) in [5, 5.41) is 11.0. The lowest BCUT2D eigenvalue weighted by Gasteiger charge is -2.24. The lowest BCUT2D eigenvalue weighted by Crippen LogP contribution is -2.34. The monoisotopic (exact) mass is 330 g/mol. The van der Waals surface area contributed by atoms with E-state index in [4.69, 9.17) is 4.74 Å². The van der Waals surface area contributed by atoms with Crippen LogP contribution in [0.25, 0.3) is 0 Å². The molecule has 0 saturated heterocycles. The first-order chi connectivity index (χ1) is 8.61. The summed E-state index contributed by atoms with van der Waals surface area (Å²) in [5.74, 6) is 0. The van der Waals surface area contributed by atoms with Gasteiger partial charge in [-0.2, -0.15) is 0 Å². The third kappa shape index (κ3) is 4.20. The van der Waals surface area contributed by atoms with E-state index in [2.05, 4.69) is 15.9 Å². The van der Waals surface area contributed by atoms with Gasteiger partial charge in [0, 0.05) is 17.6 Å². The van der Waals surface area contributed by atoms with E-state index in [1.54, 1.807) is 26.8 Å². The van der Waals surface area contributed by atoms with Crippen molar-refractivity contribution in [3.8, 4) is 0 Å². The van der Waals surface area contributed by atoms with Crippen molar-refractivity contribution in [2.45, 2.75) is 26.4 Å². The molecule has 0 saturated carbocycles. The van der Waals surface area contributed by atoms with Gasteiger partial charge in [0.25, 0.3) is 5.69 Å². The Bertz CT molecular complexity index is 511. The summed E-state index contributed by atoms with van der Waals surface area (Å²) >= 11 is 3.22. The number of halogens is 1. The molecule has 1 aromatic rings. The smallest absolute Gasteiger partial charge is 0.414 e. The minimum Gasteiger partial charge on any atom is -0.443 e. The first-order valence-electron chi connectivity index (χ1n) is 5.52. The average molecular weight is 331 g/mol. The van der Waals surface area contributed by atoms with Crippen LogP contribution >= 0.6 is 15.9 Å². The Hall–Kier alpha value is -1.63. The van der Waals surface area contributed by atoms with Crippen LogP contribution in [-0.2, 0) is 4.74 Å². The topological polar surface area (TPSA) is 72.7 Å². The van der Waals surface area contributed by atoms with Crippen molar-refractivity contribution in [2.24, 2.45) is 0 Å². The summed E-state index contributed by atoms with van der Waals surface area (Å²) in [6, 6.07) is 4.38. The Kier molecular flexibility index (Phi) is 4.52. The maximum absolute atomic E-state index is 11.9. The van der Waals surface area contributed by atoms with E-state index in [-0.39, 0.29) is 11.4 Å². The lowest BCUT2D eigenvalue weighted by atomic mass is 10.2. The highest BCUT2D eigenvalue weighted by atomic mass is 79.9. The molecular formula is C12H15BrN2O4. The van der Waals surface area contributed by atoms with Crippen molar-refractivity contribution in [1.29, 1.82) is 0 Å². The number of nitro groups is 1. The second kappa shape index (κ2) is 5.56. The van der Waals surface area contributed by atoms with Crippen molar-refractivity contribution in [3.63, 3.8) is 0 Å². The van der Waals surface area contributed by atoms with Gasteiger partial charge in [0.2, 0.25) is 0 Å². The molecule has 0 aliphatic heterocycles. The minimum absolute atomic E-state index is 0.156. The van der Waals surface area contributed by atoms with E-state index in [0.717, 1.165) is 4.90 Å². The molecule has 104 valence electrons. The highest BCUT2D eigenvalue weighted by Gasteiger charge is 2.25. The summed E-state index contributed by atoms with van der Waals surface area (Å²) in [6.45, 7) is 5.19. The molecule has 0 heterocycles. The van der Waals surface area contributed by atoms with Crippen LogP contribution in [0.2, 0.25) is 0 Å². The number of benzene rings is 1. The summed E-state index contributed by atoms with van der Waals surface area (Å²) in [5.41, 5.74) is -0.642. The van der Waals surface area contributed by atoms with Crippen LogP contribution in [0.5, 0.6) is 0 Å². The Balaban J connectivity index is 3.11. The maximum Gasteiger partial charge on any atom is 0.414 e. The number of amides is 1. The van der Waals surface area contributed by atoms with Crippen molar-refractivity contribution < 1.29 is 14.5 Å². The zero-order valence-electron chi connectivity index (χ0n) is 11.1. The molecule has 7 heteroatoms. The zero-order chi connectivity index (χ0) is 14.8. The zero-order valence-corrected chi connectivity index (χ0v) is 12.7. The van der Waals surface area contributed by atoms with E-state index in [0.29, 0.717) is 4.47 Å². The van der Waals surface area contributed by atoms with Crippen LogP contribution in [-0.4, -0.2) is 23.7 Å². The van der Waals surface area contributed by atoms with Crippen LogP contribution in [0.1, 0.15) is 20.8 Å². The van der Waals surface area contributed by atoms with E-state index < -0.39 is 16.6 Å². The van der Waals surface area contributed by atoms with Gasteiger partial charge in [-0.05, 0) is 32.9 Å². The fourth-order valence-electron chi connectivity index (χ4n) is 1.35. The van der Waals surface area contributed by atoms with Crippen molar-refractivity contribution in [3.05, 3.63) is 32.8 Å². The second-order valence-corrected chi connectivity index (χ2v) is 5.85. The quantitative estimate of drug-likeness (QED) is 0.611. The number of hydrogen-bond acceptors (Lipinski definition) is 4. The van der Waals surface area contributed by atoms with E-state index in [1.165, 1.54) is 19.2 Å². The molecule has 0 spiro atoms. The number of hydrogen-bond donors (Lipinski definition) is 0. The van der Waals surface area contributed by atoms with E-state index >= 15 is 0 Å². The SMILES string of the molecule is CN(C(=O)OC(C)(C)C)c1cc(Br)ccc1[N+](=O)[O-]. The summed E-state index contributed by atoms with van der Waals surface area (Å²) in [7, 11) is 1.43. The normalized spacial score (nSPS) is 11.0. The van der Waals surface area contributed by atoms with Crippen molar-refractivity contribution >= 4 is 33.4 Å². The number of nitrogens with zero attached hydrogens (tertiary/aromatic N) is 2. The van der Waals surface area contributed by atoms with Crippen LogP contribution in [0.4, 0.5) is 16.2 Å². The van der Waals surface area contributed by atoms with Gasteiger partial charge in [-0.3, -0.25) is 15.0 Å². The molecule has 0 aromatic heterocycles. The third-order valence-electron chi connectivity index (χ3n) is 2.16. The third-order valence-corrected chi connectivity index (χ3v) is 2.66. The number of carbonyl (C=O) groups excluding carboxylic acids is 1. The van der Waals surface area contributed by atoms with Crippen molar-refractivity contribution in [1.82, 2.24) is 0 Å². The Morgan fingerprint density at radius 2 is 2.00 bits per heavy atom. The summed E-state index contributed by atoms with van der Waals surface area (Å²) in [6.07, 6.45) is -0.645. The Morgan fingerprint density at radius 1 is 1.42 bits per heavy atom. The summed E-state index contributed by atoms with van der Waals surface area (Å²) < 4.78 is 5.82. The minimum atomic E-state index is -0.661. The van der Waals surface area contributed by atoms with Crippen LogP contribution < -0.4 is 4.90 Å². The van der Waals surface area contributed by atoms with Gasteiger partial charge in [-0.25, -0.2) is 4.79 Å². The van der Waals surface area contributed by atoms with Crippen molar-refractivity contribution in [2.75, 3.05) is 11.9 Å². The highest BCUT2D eigenvalue weighted by Crippen LogP contribution is 2.31. The second-order valence-electron chi connectivity index (χ2n) is 4.93. The van der Waals surface area contributed by atoms with Gasteiger partial charge < -0.3 is 4.74 Å². The van der Waals surface area contributed by atoms with Crippen LogP contribution in [0.15, 0.2) is 22.7 Å². The molecule has 0 atom stereocenters. The lowest BCUT2D eigenvalue weighted by molar-refractivity contribution is -0.384. The molecule has 0 bridgehead atoms. The first kappa shape index (κ1) is 15.4. The fourth-order valence-corrected chi connectivity index (χ4v) is 1.70. The number of rotatable bonds is 2. The van der Waals surface area contributed by atoms with Gasteiger partial charge in [-0.1, -0.05) is 15.9 Å². The van der Waals surface area contributed by atoms with Crippen LogP contribution in [0, 0.1) is 10.1 Å². The predicted octanol–water partition coefficient (Wildman–Crippen LogP) is 3.73. The fraction of sp³-hybridized carbons (Fsp3) is 0.417. The maximum atomic E-state index is 11.9. The first-order valence-corrected chi connectivity index (χ1v) is 6.32. The molecule has 0 aliphatic carbocycles. The Morgan fingerprint density at radius 3 is 2.47 bits per heavy atom. The van der Waals surface area contributed by atoms with Gasteiger partial charge in [-0.15, -0.1) is 0 Å². The predicted molar refractivity (Wildman–Crippen MR) is 75.4 cm³/mol. The number of anilines is 1. The van der Waals surface area contributed by atoms with Gasteiger partial charge in [0.1, 0.15) is 11.3 Å². The molecule has 1 amide bonds. The molecule has 0 fully saturated rings. The molecule has 1 aromatic carbocycles. The average Bonchev–Trinajstić information content (AvgIpc) is 2.25. The molecule has 0 radical (unpaired) electrons. The Labute approximate surface area is 119 Å². The number of carbonyl (C=O) groups is 1. The largest absolute Gasteiger partial charge is 0.443 e. The van der Waals surface area contributed by atoms with Crippen LogP contribution in [0.3, 0.4) is 0 Å². The number of ether oxygens (including phenoxy) is 1. The summed E-state index contributed by atoms with van der Waals surface area (Å²) in [4.78, 5) is 23.4. The molecule has 19 heavy (non-hydrogen) atoms. The molecule has 0 unspecified atom stereocenters.